The van der Waals surface area contributed by atoms with Gasteiger partial charge in [0.25, 0.3) is 0 Å². The van der Waals surface area contributed by atoms with Crippen LogP contribution in [0, 0.1) is 0 Å². The molecule has 0 amide bonds. The highest BCUT2D eigenvalue weighted by molar-refractivity contribution is 8.00. The number of sulfonamides is 1. The Kier molecular flexibility index (Phi) is 5.42. The molecule has 0 spiro atoms. The first-order valence-corrected chi connectivity index (χ1v) is 6.18. The Morgan fingerprint density at radius 1 is 1.38 bits per heavy atom. The van der Waals surface area contributed by atoms with Gasteiger partial charge in [-0.15, -0.1) is 11.6 Å². The molecule has 0 aliphatic heterocycles. The molecule has 0 unspecified atom stereocenters. The van der Waals surface area contributed by atoms with Crippen molar-refractivity contribution < 1.29 is 21.6 Å². The summed E-state index contributed by atoms with van der Waals surface area (Å²) in [6, 6.07) is 0. The van der Waals surface area contributed by atoms with Gasteiger partial charge in [-0.3, -0.25) is 0 Å². The lowest BCUT2D eigenvalue weighted by Crippen LogP contribution is -2.27. The zero-order valence-electron chi connectivity index (χ0n) is 6.27. The first-order valence-electron chi connectivity index (χ1n) is 3.01. The highest BCUT2D eigenvalue weighted by Gasteiger charge is 2.27. The molecule has 80 valence electrons. The van der Waals surface area contributed by atoms with Gasteiger partial charge in [0.1, 0.15) is 5.21 Å². The summed E-state index contributed by atoms with van der Waals surface area (Å²) in [5, 5.41) is -0.649. The number of hydrogen-bond acceptors (Lipinski definition) is 3. The summed E-state index contributed by atoms with van der Waals surface area (Å²) in [6.45, 7) is -0.279. The lowest BCUT2D eigenvalue weighted by molar-refractivity contribution is -0.0327. The van der Waals surface area contributed by atoms with E-state index in [9.17, 15) is 21.6 Å². The van der Waals surface area contributed by atoms with Gasteiger partial charge >= 0.3 is 5.51 Å². The molecule has 0 aromatic heterocycles. The second-order valence-corrected chi connectivity index (χ2v) is 5.46. The topological polar surface area (TPSA) is 46.2 Å². The van der Waals surface area contributed by atoms with Gasteiger partial charge in [-0.25, -0.2) is 13.1 Å². The van der Waals surface area contributed by atoms with Crippen LogP contribution in [0.1, 0.15) is 0 Å². The Bertz CT molecular complexity index is 240. The fourth-order valence-electron chi connectivity index (χ4n) is 0.403. The molecule has 0 heterocycles. The predicted octanol–water partition coefficient (Wildman–Crippen LogP) is 1.36. The fraction of sp³-hybridized carbons (Fsp3) is 1.00. The van der Waals surface area contributed by atoms with E-state index < -0.39 is 20.7 Å². The van der Waals surface area contributed by atoms with E-state index in [2.05, 4.69) is 0 Å². The third-order valence-electron chi connectivity index (χ3n) is 0.833. The number of rotatable bonds is 5. The molecule has 0 rings (SSSR count). The van der Waals surface area contributed by atoms with Gasteiger partial charge in [-0.05, 0) is 11.8 Å². The monoisotopic (exact) mass is 257 g/mol. The molecule has 3 nitrogen and oxygen atoms in total. The maximum Gasteiger partial charge on any atom is 0.441 e. The van der Waals surface area contributed by atoms with E-state index in [-0.39, 0.29) is 24.1 Å². The van der Waals surface area contributed by atoms with Crippen molar-refractivity contribution in [3.63, 3.8) is 0 Å². The molecule has 1 N–H and O–H groups in total. The van der Waals surface area contributed by atoms with Gasteiger partial charge in [0.2, 0.25) is 10.0 Å². The van der Waals surface area contributed by atoms with Crippen molar-refractivity contribution in [3.8, 4) is 0 Å². The third kappa shape index (κ3) is 8.66. The normalized spacial score (nSPS) is 13.2. The van der Waals surface area contributed by atoms with Crippen LogP contribution in [0.2, 0.25) is 0 Å². The fourth-order valence-corrected chi connectivity index (χ4v) is 1.69. The van der Waals surface area contributed by atoms with Crippen molar-refractivity contribution in [3.05, 3.63) is 0 Å². The molecule has 0 saturated heterocycles. The molecule has 0 aromatic rings. The zero-order valence-corrected chi connectivity index (χ0v) is 8.66. The first kappa shape index (κ1) is 13.3. The quantitative estimate of drug-likeness (QED) is 0.597. The molecule has 0 saturated carbocycles. The van der Waals surface area contributed by atoms with E-state index in [4.69, 9.17) is 11.6 Å². The van der Waals surface area contributed by atoms with E-state index in [0.717, 1.165) is 0 Å². The standard InChI is InChI=1S/C4H7ClF3NO2S2/c5-3-13(10,11)9-1-2-12-4(6,7)8/h9H,1-3H2. The Hall–Kier alpha value is 0.340. The summed E-state index contributed by atoms with van der Waals surface area (Å²) in [5.74, 6) is -0.361. The van der Waals surface area contributed by atoms with Crippen LogP contribution in [-0.2, 0) is 10.0 Å². The van der Waals surface area contributed by atoms with Crippen molar-refractivity contribution in [2.45, 2.75) is 5.51 Å². The van der Waals surface area contributed by atoms with Gasteiger partial charge < -0.3 is 0 Å². The number of hydrogen-bond donors (Lipinski definition) is 1. The molecular weight excluding hydrogens is 251 g/mol. The van der Waals surface area contributed by atoms with E-state index in [1.165, 1.54) is 0 Å². The Balaban J connectivity index is 3.59. The number of thioether (sulfide) groups is 1. The van der Waals surface area contributed by atoms with Crippen molar-refractivity contribution in [2.24, 2.45) is 0 Å². The van der Waals surface area contributed by atoms with Gasteiger partial charge in [0.05, 0.1) is 0 Å². The summed E-state index contributed by atoms with van der Waals surface area (Å²) in [5.41, 5.74) is -4.33. The molecule has 0 aliphatic rings. The van der Waals surface area contributed by atoms with Gasteiger partial charge in [0.15, 0.2) is 0 Å². The first-order chi connectivity index (χ1) is 5.77. The number of halogens is 4. The molecule has 0 radical (unpaired) electrons. The van der Waals surface area contributed by atoms with E-state index in [0.29, 0.717) is 0 Å². The Morgan fingerprint density at radius 2 is 1.92 bits per heavy atom. The maximum absolute atomic E-state index is 11.5. The molecule has 0 fully saturated rings. The molecule has 0 aliphatic carbocycles. The average molecular weight is 258 g/mol. The van der Waals surface area contributed by atoms with E-state index >= 15 is 0 Å². The highest BCUT2D eigenvalue weighted by Crippen LogP contribution is 2.29. The van der Waals surface area contributed by atoms with E-state index in [1.54, 1.807) is 0 Å². The van der Waals surface area contributed by atoms with Crippen LogP contribution in [0.25, 0.3) is 0 Å². The van der Waals surface area contributed by atoms with Crippen molar-refractivity contribution in [1.29, 1.82) is 0 Å². The van der Waals surface area contributed by atoms with Crippen molar-refractivity contribution in [1.82, 2.24) is 4.72 Å². The van der Waals surface area contributed by atoms with E-state index in [1.807, 2.05) is 4.72 Å². The summed E-state index contributed by atoms with van der Waals surface area (Å²) >= 11 is 4.70. The smallest absolute Gasteiger partial charge is 0.213 e. The second-order valence-electron chi connectivity index (χ2n) is 1.91. The summed E-state index contributed by atoms with van der Waals surface area (Å²) < 4.78 is 57.6. The van der Waals surface area contributed by atoms with Crippen LogP contribution in [0.4, 0.5) is 13.2 Å². The molecule has 13 heavy (non-hydrogen) atoms. The van der Waals surface area contributed by atoms with Crippen molar-refractivity contribution >= 4 is 33.4 Å². The largest absolute Gasteiger partial charge is 0.441 e. The van der Waals surface area contributed by atoms with Crippen LogP contribution in [0.3, 0.4) is 0 Å². The number of nitrogens with one attached hydrogen (secondary N) is 1. The molecule has 0 atom stereocenters. The minimum absolute atomic E-state index is 0.279. The van der Waals surface area contributed by atoms with Crippen molar-refractivity contribution in [2.75, 3.05) is 17.5 Å². The van der Waals surface area contributed by atoms with Crippen LogP contribution in [-0.4, -0.2) is 31.4 Å². The van der Waals surface area contributed by atoms with Crippen LogP contribution in [0.15, 0.2) is 0 Å². The second kappa shape index (κ2) is 5.28. The Labute approximate surface area is 83.1 Å². The average Bonchev–Trinajstić information content (AvgIpc) is 1.97. The lowest BCUT2D eigenvalue weighted by Gasteiger charge is -2.05. The van der Waals surface area contributed by atoms with Crippen LogP contribution in [0.5, 0.6) is 0 Å². The van der Waals surface area contributed by atoms with Crippen LogP contribution >= 0.6 is 23.4 Å². The summed E-state index contributed by atoms with van der Waals surface area (Å²) in [7, 11) is -3.60. The number of alkyl halides is 4. The predicted molar refractivity (Wildman–Crippen MR) is 46.2 cm³/mol. The lowest BCUT2D eigenvalue weighted by atomic mass is 10.8. The Morgan fingerprint density at radius 3 is 2.31 bits per heavy atom. The molecular formula is C4H7ClF3NO2S2. The summed E-state index contributed by atoms with van der Waals surface area (Å²) in [6.07, 6.45) is 0. The summed E-state index contributed by atoms with van der Waals surface area (Å²) in [4.78, 5) is 0. The molecule has 0 bridgehead atoms. The third-order valence-corrected chi connectivity index (χ3v) is 3.36. The maximum atomic E-state index is 11.5. The molecule has 0 aromatic carbocycles. The molecule has 9 heteroatoms. The van der Waals surface area contributed by atoms with Gasteiger partial charge in [0, 0.05) is 12.3 Å². The highest BCUT2D eigenvalue weighted by atomic mass is 35.5. The van der Waals surface area contributed by atoms with Gasteiger partial charge in [-0.2, -0.15) is 13.2 Å². The zero-order chi connectivity index (χ0) is 10.5. The SMILES string of the molecule is O=S(=O)(CCl)NCCSC(F)(F)F. The minimum Gasteiger partial charge on any atom is -0.213 e. The van der Waals surface area contributed by atoms with Crippen LogP contribution < -0.4 is 4.72 Å². The van der Waals surface area contributed by atoms with Gasteiger partial charge in [-0.1, -0.05) is 0 Å². The minimum atomic E-state index is -4.33.